The van der Waals surface area contributed by atoms with E-state index in [0.29, 0.717) is 31.6 Å². The molecule has 0 aromatic rings. The first-order valence-electron chi connectivity index (χ1n) is 38.2. The van der Waals surface area contributed by atoms with E-state index in [-0.39, 0.29) is 25.7 Å². The normalized spacial score (nSPS) is 14.5. The van der Waals surface area contributed by atoms with E-state index in [0.717, 1.165) is 114 Å². The first-order valence-corrected chi connectivity index (χ1v) is 41.2. The number of aliphatic hydroxyl groups is 1. The fourth-order valence-corrected chi connectivity index (χ4v) is 12.7. The number of hydrogen-bond acceptors (Lipinski definition) is 15. The van der Waals surface area contributed by atoms with Gasteiger partial charge < -0.3 is 33.8 Å². The summed E-state index contributed by atoms with van der Waals surface area (Å²) < 4.78 is 68.4. The number of carbonyl (C=O) groups excluding carboxylic acids is 4. The van der Waals surface area contributed by atoms with Gasteiger partial charge in [-0.3, -0.25) is 37.3 Å². The minimum absolute atomic E-state index is 0.105. The molecule has 0 rings (SSSR count). The molecule has 0 aliphatic rings. The molecule has 0 amide bonds. The van der Waals surface area contributed by atoms with Crippen LogP contribution in [0.25, 0.3) is 0 Å². The zero-order chi connectivity index (χ0) is 68.9. The number of aliphatic hydroxyl groups excluding tert-OH is 1. The number of unbranched alkanes of at least 4 members (excludes halogenated alkanes) is 36. The standard InChI is InChI=1S/C74H144O17P2/c1-9-67(8)53-45-37-29-21-14-12-10-11-13-15-22-31-40-48-56-73(78)90-69(60-84-71(76)54-46-38-30-24-18-20-27-35-43-51-65(4)5)62-88-92(80,81)86-58-68(75)59-87-93(82,83)89-63-70(61-85-72(77)55-47-39-33-25-28-36-44-52-66(6)7)91-74(79)57-49-41-32-23-17-16-19-26-34-42-50-64(2)3/h64-70,75H,9-63H2,1-8H3,(H,80,81)(H,82,83)/t67?,68?,69-,70-/m1/s1. The van der Waals surface area contributed by atoms with Gasteiger partial charge >= 0.3 is 39.5 Å². The summed E-state index contributed by atoms with van der Waals surface area (Å²) in [5.41, 5.74) is 0. The van der Waals surface area contributed by atoms with Crippen molar-refractivity contribution < 1.29 is 80.2 Å². The summed E-state index contributed by atoms with van der Waals surface area (Å²) in [6.45, 7) is 14.2. The van der Waals surface area contributed by atoms with E-state index in [4.69, 9.17) is 37.0 Å². The Hall–Kier alpha value is -1.94. The SMILES string of the molecule is CCC(C)CCCCCCCCCCCCCCCCC(=O)O[C@H](COC(=O)CCCCCCCCCCCC(C)C)COP(=O)(O)OCC(O)COP(=O)(O)OC[C@@H](COC(=O)CCCCCCCCCC(C)C)OC(=O)CCCCCCCCCCCCC(C)C. The van der Waals surface area contributed by atoms with E-state index >= 15 is 0 Å². The number of rotatable bonds is 71. The van der Waals surface area contributed by atoms with Crippen molar-refractivity contribution in [2.24, 2.45) is 23.7 Å². The van der Waals surface area contributed by atoms with Crippen LogP contribution in [0.2, 0.25) is 0 Å². The van der Waals surface area contributed by atoms with Crippen molar-refractivity contribution in [3.05, 3.63) is 0 Å². The molecule has 0 radical (unpaired) electrons. The van der Waals surface area contributed by atoms with Crippen molar-refractivity contribution in [2.75, 3.05) is 39.6 Å². The number of carbonyl (C=O) groups is 4. The minimum Gasteiger partial charge on any atom is -0.462 e. The van der Waals surface area contributed by atoms with Crippen molar-refractivity contribution in [3.8, 4) is 0 Å². The molecule has 0 aromatic carbocycles. The molecule has 19 heteroatoms. The van der Waals surface area contributed by atoms with Crippen molar-refractivity contribution in [3.63, 3.8) is 0 Å². The van der Waals surface area contributed by atoms with Gasteiger partial charge in [-0.25, -0.2) is 9.13 Å². The highest BCUT2D eigenvalue weighted by Crippen LogP contribution is 2.45. The third-order valence-electron chi connectivity index (χ3n) is 17.4. The maximum Gasteiger partial charge on any atom is 0.472 e. The summed E-state index contributed by atoms with van der Waals surface area (Å²) in [4.78, 5) is 72.7. The van der Waals surface area contributed by atoms with Gasteiger partial charge in [0.05, 0.1) is 26.4 Å². The highest BCUT2D eigenvalue weighted by molar-refractivity contribution is 7.47. The van der Waals surface area contributed by atoms with E-state index < -0.39 is 97.5 Å². The molecule has 0 fully saturated rings. The second-order valence-corrected chi connectivity index (χ2v) is 31.3. The predicted molar refractivity (Wildman–Crippen MR) is 377 cm³/mol. The topological polar surface area (TPSA) is 237 Å². The molecule has 4 unspecified atom stereocenters. The van der Waals surface area contributed by atoms with Crippen LogP contribution in [-0.4, -0.2) is 96.7 Å². The zero-order valence-electron chi connectivity index (χ0n) is 60.9. The second kappa shape index (κ2) is 63.5. The highest BCUT2D eigenvalue weighted by atomic mass is 31.2. The maximum absolute atomic E-state index is 13.1. The molecule has 6 atom stereocenters. The molecule has 0 saturated heterocycles. The van der Waals surface area contributed by atoms with Crippen LogP contribution >= 0.6 is 15.6 Å². The van der Waals surface area contributed by atoms with Gasteiger partial charge in [0.2, 0.25) is 0 Å². The Morgan fingerprint density at radius 2 is 0.516 bits per heavy atom. The van der Waals surface area contributed by atoms with Gasteiger partial charge in [-0.2, -0.15) is 0 Å². The Labute approximate surface area is 568 Å². The van der Waals surface area contributed by atoms with Gasteiger partial charge in [0.15, 0.2) is 12.2 Å². The molecule has 0 spiro atoms. The molecule has 0 aliphatic carbocycles. The van der Waals surface area contributed by atoms with Crippen LogP contribution in [0.1, 0.15) is 370 Å². The van der Waals surface area contributed by atoms with Crippen LogP contribution in [0.4, 0.5) is 0 Å². The van der Waals surface area contributed by atoms with Crippen LogP contribution in [-0.2, 0) is 65.4 Å². The van der Waals surface area contributed by atoms with E-state index in [1.165, 1.54) is 167 Å². The maximum atomic E-state index is 13.1. The summed E-state index contributed by atoms with van der Waals surface area (Å²) in [6, 6.07) is 0. The largest absolute Gasteiger partial charge is 0.472 e. The molecular weight excluding hydrogens is 1220 g/mol. The van der Waals surface area contributed by atoms with E-state index in [9.17, 15) is 43.2 Å². The summed E-state index contributed by atoms with van der Waals surface area (Å²) in [7, 11) is -9.91. The van der Waals surface area contributed by atoms with Crippen molar-refractivity contribution in [2.45, 2.75) is 388 Å². The smallest absolute Gasteiger partial charge is 0.462 e. The van der Waals surface area contributed by atoms with E-state index in [1.54, 1.807) is 0 Å². The van der Waals surface area contributed by atoms with Crippen molar-refractivity contribution >= 4 is 39.5 Å². The van der Waals surface area contributed by atoms with Gasteiger partial charge in [0, 0.05) is 25.7 Å². The van der Waals surface area contributed by atoms with Gasteiger partial charge in [-0.05, 0) is 49.4 Å². The van der Waals surface area contributed by atoms with Crippen LogP contribution in [0.5, 0.6) is 0 Å². The quantitative estimate of drug-likeness (QED) is 0.0222. The molecule has 0 aliphatic heterocycles. The average molecular weight is 1370 g/mol. The minimum atomic E-state index is -4.96. The summed E-state index contributed by atoms with van der Waals surface area (Å²) in [5.74, 6) is 0.922. The van der Waals surface area contributed by atoms with Crippen LogP contribution < -0.4 is 0 Å². The first kappa shape index (κ1) is 91.1. The van der Waals surface area contributed by atoms with E-state index in [1.807, 2.05) is 0 Å². The predicted octanol–water partition coefficient (Wildman–Crippen LogP) is 21.3. The Bertz CT molecular complexity index is 1840. The van der Waals surface area contributed by atoms with Crippen LogP contribution in [0.15, 0.2) is 0 Å². The third-order valence-corrected chi connectivity index (χ3v) is 19.3. The molecule has 93 heavy (non-hydrogen) atoms. The lowest BCUT2D eigenvalue weighted by Gasteiger charge is -2.21. The van der Waals surface area contributed by atoms with Gasteiger partial charge in [0.25, 0.3) is 0 Å². The number of phosphoric acid groups is 2. The van der Waals surface area contributed by atoms with E-state index in [2.05, 4.69) is 55.4 Å². The van der Waals surface area contributed by atoms with Crippen molar-refractivity contribution in [1.29, 1.82) is 0 Å². The fourth-order valence-electron chi connectivity index (χ4n) is 11.2. The molecule has 3 N–H and O–H groups in total. The average Bonchev–Trinajstić information content (AvgIpc) is 2.98. The first-order chi connectivity index (χ1) is 44.6. The van der Waals surface area contributed by atoms with Crippen LogP contribution in [0, 0.1) is 23.7 Å². The summed E-state index contributed by atoms with van der Waals surface area (Å²) in [6.07, 6.45) is 47.2. The number of phosphoric ester groups is 2. The lowest BCUT2D eigenvalue weighted by atomic mass is 9.99. The molecule has 17 nitrogen and oxygen atoms in total. The number of esters is 4. The fraction of sp³-hybridized carbons (Fsp3) is 0.946. The lowest BCUT2D eigenvalue weighted by Crippen LogP contribution is -2.30. The van der Waals surface area contributed by atoms with Gasteiger partial charge in [-0.15, -0.1) is 0 Å². The summed E-state index contributed by atoms with van der Waals surface area (Å²) >= 11 is 0. The third kappa shape index (κ3) is 67.0. The summed E-state index contributed by atoms with van der Waals surface area (Å²) in [5, 5.41) is 10.6. The monoisotopic (exact) mass is 1370 g/mol. The Balaban J connectivity index is 5.24. The molecule has 0 saturated carbocycles. The molecule has 0 bridgehead atoms. The number of hydrogen-bond donors (Lipinski definition) is 3. The van der Waals surface area contributed by atoms with Gasteiger partial charge in [0.1, 0.15) is 19.3 Å². The second-order valence-electron chi connectivity index (χ2n) is 28.4. The molecular formula is C74H144O17P2. The Morgan fingerprint density at radius 3 is 0.763 bits per heavy atom. The molecule has 0 aromatic heterocycles. The Morgan fingerprint density at radius 1 is 0.301 bits per heavy atom. The molecule has 552 valence electrons. The van der Waals surface area contributed by atoms with Crippen molar-refractivity contribution in [1.82, 2.24) is 0 Å². The lowest BCUT2D eigenvalue weighted by molar-refractivity contribution is -0.161. The van der Waals surface area contributed by atoms with Gasteiger partial charge in [-0.1, -0.05) is 319 Å². The Kier molecular flexibility index (Phi) is 62.2. The molecule has 0 heterocycles. The number of ether oxygens (including phenoxy) is 4. The van der Waals surface area contributed by atoms with Crippen LogP contribution in [0.3, 0.4) is 0 Å². The zero-order valence-corrected chi connectivity index (χ0v) is 62.7. The highest BCUT2D eigenvalue weighted by Gasteiger charge is 2.30.